The van der Waals surface area contributed by atoms with Crippen molar-refractivity contribution >= 4 is 20.9 Å². The summed E-state index contributed by atoms with van der Waals surface area (Å²) in [6.45, 7) is 6.10. The second kappa shape index (κ2) is 6.22. The smallest absolute Gasteiger partial charge is 0.294 e. The van der Waals surface area contributed by atoms with Gasteiger partial charge < -0.3 is 9.84 Å². The minimum Gasteiger partial charge on any atom is -0.508 e. The van der Waals surface area contributed by atoms with Crippen LogP contribution in [0.15, 0.2) is 59.5 Å². The average molecular weight is 398 g/mol. The van der Waals surface area contributed by atoms with E-state index in [1.54, 1.807) is 24.3 Å². The van der Waals surface area contributed by atoms with Gasteiger partial charge in [-0.2, -0.15) is 8.42 Å². The molecule has 4 rings (SSSR count). The van der Waals surface area contributed by atoms with Gasteiger partial charge in [0.2, 0.25) is 0 Å². The maximum absolute atomic E-state index is 11.7. The lowest BCUT2D eigenvalue weighted by molar-refractivity contribution is 0.0502. The molecule has 0 radical (unpaired) electrons. The number of phenols is 1. The molecule has 2 atom stereocenters. The van der Waals surface area contributed by atoms with Crippen LogP contribution in [0.3, 0.4) is 0 Å². The molecule has 1 heterocycles. The predicted octanol–water partition coefficient (Wildman–Crippen LogP) is 4.85. The van der Waals surface area contributed by atoms with Crippen molar-refractivity contribution in [1.29, 1.82) is 0 Å². The summed E-state index contributed by atoms with van der Waals surface area (Å²) in [6.07, 6.45) is 0. The van der Waals surface area contributed by atoms with Crippen LogP contribution in [-0.4, -0.2) is 23.7 Å². The third kappa shape index (κ3) is 3.02. The van der Waals surface area contributed by atoms with Crippen molar-refractivity contribution in [2.75, 3.05) is 0 Å². The number of hydrogen-bond donors (Lipinski definition) is 2. The van der Waals surface area contributed by atoms with E-state index in [0.717, 1.165) is 27.6 Å². The Morgan fingerprint density at radius 3 is 2.46 bits per heavy atom. The van der Waals surface area contributed by atoms with E-state index in [-0.39, 0.29) is 22.5 Å². The summed E-state index contributed by atoms with van der Waals surface area (Å²) >= 11 is 0. The zero-order valence-electron chi connectivity index (χ0n) is 15.9. The van der Waals surface area contributed by atoms with Crippen LogP contribution in [0.1, 0.15) is 43.7 Å². The first-order valence-corrected chi connectivity index (χ1v) is 10.5. The maximum atomic E-state index is 11.7. The highest BCUT2D eigenvalue weighted by molar-refractivity contribution is 7.85. The summed E-state index contributed by atoms with van der Waals surface area (Å²) < 4.78 is 39.1. The zero-order chi connectivity index (χ0) is 20.3. The van der Waals surface area contributed by atoms with Crippen LogP contribution in [0, 0.1) is 0 Å². The predicted molar refractivity (Wildman–Crippen MR) is 108 cm³/mol. The largest absolute Gasteiger partial charge is 0.508 e. The Morgan fingerprint density at radius 2 is 1.75 bits per heavy atom. The van der Waals surface area contributed by atoms with Gasteiger partial charge in [0, 0.05) is 11.5 Å². The SMILES string of the molecule is CC1c2cc(O)ccc2OC(C)(C)C1c1cccc2ccc(S(=O)(=O)O)cc12. The summed E-state index contributed by atoms with van der Waals surface area (Å²) in [7, 11) is -4.30. The molecule has 28 heavy (non-hydrogen) atoms. The lowest BCUT2D eigenvalue weighted by atomic mass is 9.70. The molecule has 2 unspecified atom stereocenters. The Morgan fingerprint density at radius 1 is 1.00 bits per heavy atom. The topological polar surface area (TPSA) is 83.8 Å². The average Bonchev–Trinajstić information content (AvgIpc) is 2.61. The minimum atomic E-state index is -4.30. The standard InChI is InChI=1S/C22H22O5S/c1-13-18-11-15(23)8-10-20(18)27-22(2,3)21(13)17-6-4-5-14-7-9-16(12-19(14)17)28(24,25)26/h4-13,21,23H,1-3H3,(H,24,25,26). The molecule has 146 valence electrons. The molecule has 0 aliphatic carbocycles. The molecule has 3 aromatic carbocycles. The van der Waals surface area contributed by atoms with Crippen molar-refractivity contribution in [2.45, 2.75) is 43.1 Å². The summed E-state index contributed by atoms with van der Waals surface area (Å²) in [5.74, 6) is 0.845. The van der Waals surface area contributed by atoms with Crippen molar-refractivity contribution in [3.63, 3.8) is 0 Å². The van der Waals surface area contributed by atoms with Crippen LogP contribution in [0.2, 0.25) is 0 Å². The van der Waals surface area contributed by atoms with Crippen LogP contribution in [-0.2, 0) is 10.1 Å². The van der Waals surface area contributed by atoms with E-state index >= 15 is 0 Å². The fourth-order valence-electron chi connectivity index (χ4n) is 4.46. The second-order valence-corrected chi connectivity index (χ2v) is 9.32. The summed E-state index contributed by atoms with van der Waals surface area (Å²) in [4.78, 5) is -0.132. The number of phenolic OH excluding ortho intramolecular Hbond substituents is 1. The van der Waals surface area contributed by atoms with Crippen molar-refractivity contribution in [1.82, 2.24) is 0 Å². The van der Waals surface area contributed by atoms with Crippen molar-refractivity contribution in [3.8, 4) is 11.5 Å². The molecule has 0 amide bonds. The zero-order valence-corrected chi connectivity index (χ0v) is 16.7. The Balaban J connectivity index is 1.96. The first kappa shape index (κ1) is 18.8. The normalized spacial score (nSPS) is 21.1. The van der Waals surface area contributed by atoms with Gasteiger partial charge >= 0.3 is 0 Å². The number of aromatic hydroxyl groups is 1. The van der Waals surface area contributed by atoms with E-state index in [2.05, 4.69) is 6.92 Å². The van der Waals surface area contributed by atoms with Gasteiger partial charge in [-0.15, -0.1) is 0 Å². The Kier molecular flexibility index (Phi) is 4.17. The van der Waals surface area contributed by atoms with Gasteiger partial charge in [0.15, 0.2) is 0 Å². The van der Waals surface area contributed by atoms with Gasteiger partial charge in [0.25, 0.3) is 10.1 Å². The van der Waals surface area contributed by atoms with Gasteiger partial charge in [-0.25, -0.2) is 0 Å². The van der Waals surface area contributed by atoms with Crippen molar-refractivity contribution < 1.29 is 22.8 Å². The molecule has 0 bridgehead atoms. The van der Waals surface area contributed by atoms with E-state index < -0.39 is 15.7 Å². The van der Waals surface area contributed by atoms with Crippen LogP contribution in [0.4, 0.5) is 0 Å². The van der Waals surface area contributed by atoms with Gasteiger partial charge in [-0.05, 0) is 66.4 Å². The third-order valence-electron chi connectivity index (χ3n) is 5.63. The summed E-state index contributed by atoms with van der Waals surface area (Å²) in [5.41, 5.74) is 1.29. The van der Waals surface area contributed by atoms with E-state index in [1.807, 2.05) is 32.0 Å². The molecule has 2 N–H and O–H groups in total. The van der Waals surface area contributed by atoms with Crippen LogP contribution < -0.4 is 4.74 Å². The first-order valence-electron chi connectivity index (χ1n) is 9.10. The molecule has 5 nitrogen and oxygen atoms in total. The highest BCUT2D eigenvalue weighted by Crippen LogP contribution is 2.51. The number of ether oxygens (including phenoxy) is 1. The summed E-state index contributed by atoms with van der Waals surface area (Å²) in [5, 5.41) is 11.6. The summed E-state index contributed by atoms with van der Waals surface area (Å²) in [6, 6.07) is 15.5. The molecule has 0 saturated carbocycles. The quantitative estimate of drug-likeness (QED) is 0.603. The molecule has 0 spiro atoms. The molecule has 0 saturated heterocycles. The Bertz CT molecular complexity index is 1180. The third-order valence-corrected chi connectivity index (χ3v) is 6.48. The van der Waals surface area contributed by atoms with Gasteiger partial charge in [-0.1, -0.05) is 31.2 Å². The minimum absolute atomic E-state index is 0.0193. The van der Waals surface area contributed by atoms with Crippen molar-refractivity contribution in [2.24, 2.45) is 0 Å². The second-order valence-electron chi connectivity index (χ2n) is 7.90. The lowest BCUT2D eigenvalue weighted by Crippen LogP contribution is -2.42. The van der Waals surface area contributed by atoms with E-state index in [1.165, 1.54) is 12.1 Å². The van der Waals surface area contributed by atoms with Crippen LogP contribution in [0.25, 0.3) is 10.8 Å². The van der Waals surface area contributed by atoms with Gasteiger partial charge in [-0.3, -0.25) is 4.55 Å². The highest BCUT2D eigenvalue weighted by Gasteiger charge is 2.43. The molecule has 0 aromatic heterocycles. The van der Waals surface area contributed by atoms with Crippen LogP contribution in [0.5, 0.6) is 11.5 Å². The van der Waals surface area contributed by atoms with Crippen molar-refractivity contribution in [3.05, 3.63) is 65.7 Å². The maximum Gasteiger partial charge on any atom is 0.294 e. The number of hydrogen-bond acceptors (Lipinski definition) is 4. The molecule has 1 aliphatic rings. The van der Waals surface area contributed by atoms with E-state index in [0.29, 0.717) is 0 Å². The van der Waals surface area contributed by atoms with E-state index in [9.17, 15) is 18.1 Å². The van der Waals surface area contributed by atoms with Gasteiger partial charge in [0.05, 0.1) is 4.90 Å². The molecule has 0 fully saturated rings. The molecule has 6 heteroatoms. The molecule has 3 aromatic rings. The fourth-order valence-corrected chi connectivity index (χ4v) is 4.97. The van der Waals surface area contributed by atoms with Gasteiger partial charge in [0.1, 0.15) is 17.1 Å². The van der Waals surface area contributed by atoms with Crippen LogP contribution >= 0.6 is 0 Å². The monoisotopic (exact) mass is 398 g/mol. The highest BCUT2D eigenvalue weighted by atomic mass is 32.2. The van der Waals surface area contributed by atoms with E-state index in [4.69, 9.17) is 4.74 Å². The Hall–Kier alpha value is -2.57. The fraction of sp³-hybridized carbons (Fsp3) is 0.273. The number of benzene rings is 3. The lowest BCUT2D eigenvalue weighted by Gasteiger charge is -2.44. The first-order chi connectivity index (χ1) is 13.1. The Labute approximate surface area is 164 Å². The molecular weight excluding hydrogens is 376 g/mol. The number of fused-ring (bicyclic) bond motifs is 2. The molecular formula is C22H22O5S. The number of rotatable bonds is 2. The molecule has 1 aliphatic heterocycles.